The molecule has 1 aliphatic heterocycles. The van der Waals surface area contributed by atoms with Gasteiger partial charge in [0.1, 0.15) is 11.5 Å². The van der Waals surface area contributed by atoms with Gasteiger partial charge in [0.15, 0.2) is 0 Å². The monoisotopic (exact) mass is 472 g/mol. The van der Waals surface area contributed by atoms with Crippen LogP contribution >= 0.6 is 11.6 Å². The highest BCUT2D eigenvalue weighted by atomic mass is 35.5. The zero-order valence-electron chi connectivity index (χ0n) is 19.1. The maximum atomic E-state index is 13.6. The van der Waals surface area contributed by atoms with E-state index in [-0.39, 0.29) is 18.4 Å². The molecular weight excluding hydrogens is 448 g/mol. The SMILES string of the molecule is COc1cccc(-c2nc(CC(=O)N3CCc4ccccc4C3c3ccc(Cl)cc3)c(C)o2)c1. The third-order valence-corrected chi connectivity index (χ3v) is 6.57. The van der Waals surface area contributed by atoms with Crippen LogP contribution in [0.15, 0.2) is 77.2 Å². The number of aryl methyl sites for hydroxylation is 1. The van der Waals surface area contributed by atoms with Crippen molar-refractivity contribution in [1.29, 1.82) is 0 Å². The Morgan fingerprint density at radius 1 is 1.12 bits per heavy atom. The average Bonchev–Trinajstić information content (AvgIpc) is 3.24. The number of carbonyl (C=O) groups is 1. The number of methoxy groups -OCH3 is 1. The van der Waals surface area contributed by atoms with Crippen LogP contribution in [0.4, 0.5) is 0 Å². The van der Waals surface area contributed by atoms with Crippen molar-refractivity contribution in [3.05, 3.63) is 106 Å². The summed E-state index contributed by atoms with van der Waals surface area (Å²) in [5.41, 5.74) is 4.92. The summed E-state index contributed by atoms with van der Waals surface area (Å²) in [5.74, 6) is 1.87. The van der Waals surface area contributed by atoms with Gasteiger partial charge in [-0.15, -0.1) is 0 Å². The molecule has 2 heterocycles. The summed E-state index contributed by atoms with van der Waals surface area (Å²) in [6, 6.07) is 23.4. The van der Waals surface area contributed by atoms with Gasteiger partial charge in [-0.25, -0.2) is 4.98 Å². The summed E-state index contributed by atoms with van der Waals surface area (Å²) in [5, 5.41) is 0.675. The van der Waals surface area contributed by atoms with Crippen molar-refractivity contribution in [3.8, 4) is 17.2 Å². The standard InChI is InChI=1S/C28H25ClN2O3/c1-18-25(30-28(34-18)21-7-5-8-23(16-21)33-2)17-26(32)31-15-14-19-6-3-4-9-24(19)27(31)20-10-12-22(29)13-11-20/h3-13,16,27H,14-15,17H2,1-2H3. The minimum atomic E-state index is -0.167. The molecule has 0 N–H and O–H groups in total. The maximum absolute atomic E-state index is 13.6. The van der Waals surface area contributed by atoms with Crippen molar-refractivity contribution in [2.75, 3.05) is 13.7 Å². The van der Waals surface area contributed by atoms with Crippen molar-refractivity contribution < 1.29 is 13.9 Å². The van der Waals surface area contributed by atoms with Crippen LogP contribution in [-0.4, -0.2) is 29.4 Å². The van der Waals surface area contributed by atoms with Gasteiger partial charge in [-0.3, -0.25) is 4.79 Å². The Morgan fingerprint density at radius 2 is 1.91 bits per heavy atom. The van der Waals surface area contributed by atoms with E-state index in [1.165, 1.54) is 5.56 Å². The van der Waals surface area contributed by atoms with E-state index < -0.39 is 0 Å². The summed E-state index contributed by atoms with van der Waals surface area (Å²) >= 11 is 6.14. The number of fused-ring (bicyclic) bond motifs is 1. The maximum Gasteiger partial charge on any atom is 0.229 e. The number of ether oxygens (including phenoxy) is 1. The molecule has 1 amide bonds. The highest BCUT2D eigenvalue weighted by Gasteiger charge is 2.32. The van der Waals surface area contributed by atoms with Crippen molar-refractivity contribution >= 4 is 17.5 Å². The first-order valence-corrected chi connectivity index (χ1v) is 11.6. The number of benzene rings is 3. The molecule has 0 radical (unpaired) electrons. The van der Waals surface area contributed by atoms with Crippen LogP contribution in [0.3, 0.4) is 0 Å². The van der Waals surface area contributed by atoms with E-state index in [2.05, 4.69) is 17.1 Å². The number of amides is 1. The van der Waals surface area contributed by atoms with Gasteiger partial charge in [0.2, 0.25) is 11.8 Å². The second-order valence-electron chi connectivity index (χ2n) is 8.42. The number of oxazole rings is 1. The Bertz CT molecular complexity index is 1330. The fourth-order valence-corrected chi connectivity index (χ4v) is 4.68. The van der Waals surface area contributed by atoms with Gasteiger partial charge < -0.3 is 14.1 Å². The first kappa shape index (κ1) is 22.2. The Hall–Kier alpha value is -3.57. The molecule has 4 aromatic rings. The Morgan fingerprint density at radius 3 is 2.71 bits per heavy atom. The molecule has 1 unspecified atom stereocenters. The number of hydrogen-bond donors (Lipinski definition) is 0. The summed E-state index contributed by atoms with van der Waals surface area (Å²) in [4.78, 5) is 20.2. The lowest BCUT2D eigenvalue weighted by Crippen LogP contribution is -2.41. The number of nitrogens with zero attached hydrogens (tertiary/aromatic N) is 2. The molecule has 172 valence electrons. The Kier molecular flexibility index (Phi) is 6.12. The quantitative estimate of drug-likeness (QED) is 0.356. The van der Waals surface area contributed by atoms with Gasteiger partial charge in [0, 0.05) is 17.1 Å². The Labute approximate surface area is 204 Å². The van der Waals surface area contributed by atoms with E-state index in [1.807, 2.05) is 72.5 Å². The molecule has 0 spiro atoms. The molecule has 5 nitrogen and oxygen atoms in total. The molecule has 1 aromatic heterocycles. The van der Waals surface area contributed by atoms with Gasteiger partial charge in [-0.05, 0) is 60.4 Å². The first-order chi connectivity index (χ1) is 16.5. The smallest absolute Gasteiger partial charge is 0.229 e. The molecule has 1 aliphatic rings. The number of halogens is 1. The summed E-state index contributed by atoms with van der Waals surface area (Å²) in [7, 11) is 1.62. The van der Waals surface area contributed by atoms with Crippen LogP contribution in [0.5, 0.6) is 5.75 Å². The first-order valence-electron chi connectivity index (χ1n) is 11.3. The van der Waals surface area contributed by atoms with E-state index >= 15 is 0 Å². The highest BCUT2D eigenvalue weighted by molar-refractivity contribution is 6.30. The van der Waals surface area contributed by atoms with E-state index in [1.54, 1.807) is 7.11 Å². The van der Waals surface area contributed by atoms with Crippen LogP contribution in [-0.2, 0) is 17.6 Å². The average molecular weight is 473 g/mol. The molecule has 0 bridgehead atoms. The predicted octanol–water partition coefficient (Wildman–Crippen LogP) is 6.03. The van der Waals surface area contributed by atoms with E-state index in [0.29, 0.717) is 28.9 Å². The zero-order chi connectivity index (χ0) is 23.7. The fraction of sp³-hybridized carbons (Fsp3) is 0.214. The number of rotatable bonds is 5. The van der Waals surface area contributed by atoms with Gasteiger partial charge in [-0.2, -0.15) is 0 Å². The lowest BCUT2D eigenvalue weighted by molar-refractivity contribution is -0.132. The van der Waals surface area contributed by atoms with Gasteiger partial charge >= 0.3 is 0 Å². The van der Waals surface area contributed by atoms with Gasteiger partial charge in [0.25, 0.3) is 0 Å². The molecule has 0 saturated carbocycles. The fourth-order valence-electron chi connectivity index (χ4n) is 4.56. The van der Waals surface area contributed by atoms with Crippen molar-refractivity contribution in [2.45, 2.75) is 25.8 Å². The van der Waals surface area contributed by atoms with Crippen LogP contribution in [0, 0.1) is 6.92 Å². The molecule has 3 aromatic carbocycles. The zero-order valence-corrected chi connectivity index (χ0v) is 19.9. The minimum Gasteiger partial charge on any atom is -0.497 e. The molecule has 6 heteroatoms. The molecule has 0 aliphatic carbocycles. The van der Waals surface area contributed by atoms with Gasteiger partial charge in [-0.1, -0.05) is 54.1 Å². The molecule has 0 fully saturated rings. The molecule has 0 saturated heterocycles. The third-order valence-electron chi connectivity index (χ3n) is 6.32. The lowest BCUT2D eigenvalue weighted by atomic mass is 9.88. The number of carbonyl (C=O) groups excluding carboxylic acids is 1. The second kappa shape index (κ2) is 9.35. The highest BCUT2D eigenvalue weighted by Crippen LogP contribution is 2.36. The van der Waals surface area contributed by atoms with Crippen molar-refractivity contribution in [3.63, 3.8) is 0 Å². The van der Waals surface area contributed by atoms with E-state index in [9.17, 15) is 4.79 Å². The van der Waals surface area contributed by atoms with Gasteiger partial charge in [0.05, 0.1) is 25.3 Å². The van der Waals surface area contributed by atoms with Crippen LogP contribution in [0.2, 0.25) is 5.02 Å². The largest absolute Gasteiger partial charge is 0.497 e. The van der Waals surface area contributed by atoms with E-state index in [0.717, 1.165) is 28.9 Å². The summed E-state index contributed by atoms with van der Waals surface area (Å²) in [6.45, 7) is 2.49. The van der Waals surface area contributed by atoms with Crippen molar-refractivity contribution in [1.82, 2.24) is 9.88 Å². The van der Waals surface area contributed by atoms with Crippen LogP contribution in [0.25, 0.3) is 11.5 Å². The topological polar surface area (TPSA) is 55.6 Å². The minimum absolute atomic E-state index is 0.0167. The third kappa shape index (κ3) is 4.31. The van der Waals surface area contributed by atoms with Crippen LogP contribution in [0.1, 0.15) is 34.2 Å². The lowest BCUT2D eigenvalue weighted by Gasteiger charge is -2.38. The summed E-state index contributed by atoms with van der Waals surface area (Å²) < 4.78 is 11.2. The number of hydrogen-bond acceptors (Lipinski definition) is 4. The predicted molar refractivity (Wildman–Crippen MR) is 132 cm³/mol. The normalized spacial score (nSPS) is 15.1. The molecule has 34 heavy (non-hydrogen) atoms. The molecular formula is C28H25ClN2O3. The Balaban J connectivity index is 1.45. The van der Waals surface area contributed by atoms with E-state index in [4.69, 9.17) is 20.8 Å². The second-order valence-corrected chi connectivity index (χ2v) is 8.86. The molecule has 5 rings (SSSR count). The number of aromatic nitrogens is 1. The molecule has 1 atom stereocenters. The van der Waals surface area contributed by atoms with Crippen molar-refractivity contribution in [2.24, 2.45) is 0 Å². The van der Waals surface area contributed by atoms with Crippen LogP contribution < -0.4 is 4.74 Å². The summed E-state index contributed by atoms with van der Waals surface area (Å²) in [6.07, 6.45) is 0.990.